The van der Waals surface area contributed by atoms with E-state index in [-0.39, 0.29) is 17.8 Å². The van der Waals surface area contributed by atoms with Crippen molar-refractivity contribution < 1.29 is 9.18 Å². The van der Waals surface area contributed by atoms with Crippen molar-refractivity contribution in [1.29, 1.82) is 0 Å². The van der Waals surface area contributed by atoms with Gasteiger partial charge in [-0.2, -0.15) is 0 Å². The monoisotopic (exact) mass is 298 g/mol. The van der Waals surface area contributed by atoms with Gasteiger partial charge in [0.1, 0.15) is 5.82 Å². The number of aromatic nitrogens is 1. The highest BCUT2D eigenvalue weighted by atomic mass is 19.1. The van der Waals surface area contributed by atoms with E-state index in [0.29, 0.717) is 6.42 Å². The number of amides is 1. The van der Waals surface area contributed by atoms with Crippen molar-refractivity contribution in [2.45, 2.75) is 31.7 Å². The van der Waals surface area contributed by atoms with Crippen LogP contribution in [0.25, 0.3) is 0 Å². The zero-order valence-electron chi connectivity index (χ0n) is 12.4. The lowest BCUT2D eigenvalue weighted by Crippen LogP contribution is -2.39. The van der Waals surface area contributed by atoms with E-state index in [9.17, 15) is 9.18 Å². The predicted molar refractivity (Wildman–Crippen MR) is 82.6 cm³/mol. The van der Waals surface area contributed by atoms with E-state index in [2.05, 4.69) is 4.98 Å². The molecule has 4 heteroatoms. The third kappa shape index (κ3) is 3.32. The maximum absolute atomic E-state index is 13.5. The average Bonchev–Trinajstić information content (AvgIpc) is 2.56. The Kier molecular flexibility index (Phi) is 4.47. The first-order chi connectivity index (χ1) is 10.7. The highest BCUT2D eigenvalue weighted by Crippen LogP contribution is 2.31. The Labute approximate surface area is 129 Å². The van der Waals surface area contributed by atoms with Crippen LogP contribution in [0.5, 0.6) is 0 Å². The highest BCUT2D eigenvalue weighted by Gasteiger charge is 2.28. The van der Waals surface area contributed by atoms with Gasteiger partial charge in [0.25, 0.3) is 0 Å². The van der Waals surface area contributed by atoms with Crippen molar-refractivity contribution in [3.8, 4) is 0 Å². The summed E-state index contributed by atoms with van der Waals surface area (Å²) >= 11 is 0. The van der Waals surface area contributed by atoms with E-state index < -0.39 is 0 Å². The fourth-order valence-electron chi connectivity index (χ4n) is 3.07. The molecule has 114 valence electrons. The molecule has 0 bridgehead atoms. The lowest BCUT2D eigenvalue weighted by Gasteiger charge is -2.36. The van der Waals surface area contributed by atoms with E-state index in [4.69, 9.17) is 0 Å². The molecule has 0 saturated carbocycles. The molecule has 1 aromatic carbocycles. The molecule has 0 N–H and O–H groups in total. The largest absolute Gasteiger partial charge is 0.335 e. The van der Waals surface area contributed by atoms with Gasteiger partial charge in [-0.05, 0) is 48.6 Å². The molecule has 1 amide bonds. The SMILES string of the molecule is O=C(Cc1cccnc1)N1CCCC[C@@H]1c1cccc(F)c1. The van der Waals surface area contributed by atoms with Crippen LogP contribution in [-0.4, -0.2) is 22.3 Å². The zero-order valence-corrected chi connectivity index (χ0v) is 12.4. The number of nitrogens with zero attached hydrogens (tertiary/aromatic N) is 2. The molecule has 0 radical (unpaired) electrons. The van der Waals surface area contributed by atoms with Gasteiger partial charge in [0.15, 0.2) is 0 Å². The summed E-state index contributed by atoms with van der Waals surface area (Å²) in [5.41, 5.74) is 1.80. The number of carbonyl (C=O) groups excluding carboxylic acids is 1. The van der Waals surface area contributed by atoms with Crippen LogP contribution in [0.4, 0.5) is 4.39 Å². The first-order valence-corrected chi connectivity index (χ1v) is 7.68. The van der Waals surface area contributed by atoms with Crippen molar-refractivity contribution in [2.75, 3.05) is 6.54 Å². The van der Waals surface area contributed by atoms with E-state index in [1.807, 2.05) is 23.1 Å². The first kappa shape index (κ1) is 14.7. The lowest BCUT2D eigenvalue weighted by molar-refractivity contribution is -0.134. The summed E-state index contributed by atoms with van der Waals surface area (Å²) in [5, 5.41) is 0. The van der Waals surface area contributed by atoms with Crippen molar-refractivity contribution in [3.05, 3.63) is 65.7 Å². The standard InChI is InChI=1S/C18H19FN2O/c19-16-7-3-6-15(12-16)17-8-1-2-10-21(17)18(22)11-14-5-4-9-20-13-14/h3-7,9,12-13,17H,1-2,8,10-11H2/t17-/m1/s1. The molecule has 2 aromatic rings. The van der Waals surface area contributed by atoms with Crippen molar-refractivity contribution in [2.24, 2.45) is 0 Å². The van der Waals surface area contributed by atoms with Gasteiger partial charge >= 0.3 is 0 Å². The molecule has 0 spiro atoms. The summed E-state index contributed by atoms with van der Waals surface area (Å²) in [6.07, 6.45) is 6.73. The molecule has 1 atom stereocenters. The van der Waals surface area contributed by atoms with Crippen LogP contribution in [0.3, 0.4) is 0 Å². The molecule has 1 fully saturated rings. The molecule has 1 saturated heterocycles. The number of likely N-dealkylation sites (tertiary alicyclic amines) is 1. The van der Waals surface area contributed by atoms with Gasteiger partial charge < -0.3 is 4.90 Å². The summed E-state index contributed by atoms with van der Waals surface area (Å²) in [6.45, 7) is 0.736. The molecule has 3 rings (SSSR count). The van der Waals surface area contributed by atoms with E-state index >= 15 is 0 Å². The van der Waals surface area contributed by atoms with E-state index in [0.717, 1.165) is 36.9 Å². The average molecular weight is 298 g/mol. The first-order valence-electron chi connectivity index (χ1n) is 7.68. The van der Waals surface area contributed by atoms with Gasteiger partial charge in [-0.15, -0.1) is 0 Å². The van der Waals surface area contributed by atoms with Gasteiger partial charge in [0.2, 0.25) is 5.91 Å². The Bertz CT molecular complexity index is 645. The topological polar surface area (TPSA) is 33.2 Å². The Morgan fingerprint density at radius 3 is 2.95 bits per heavy atom. The normalized spacial score (nSPS) is 18.2. The smallest absolute Gasteiger partial charge is 0.227 e. The number of halogens is 1. The lowest BCUT2D eigenvalue weighted by atomic mass is 9.94. The predicted octanol–water partition coefficient (Wildman–Crippen LogP) is 3.52. The van der Waals surface area contributed by atoms with Crippen LogP contribution in [0.15, 0.2) is 48.8 Å². The second-order valence-electron chi connectivity index (χ2n) is 5.69. The van der Waals surface area contributed by atoms with Gasteiger partial charge in [-0.1, -0.05) is 18.2 Å². The Morgan fingerprint density at radius 2 is 2.18 bits per heavy atom. The number of benzene rings is 1. The summed E-state index contributed by atoms with van der Waals surface area (Å²) in [4.78, 5) is 18.6. The highest BCUT2D eigenvalue weighted by molar-refractivity contribution is 5.79. The minimum absolute atomic E-state index is 0.0198. The van der Waals surface area contributed by atoms with Gasteiger partial charge in [0, 0.05) is 18.9 Å². The van der Waals surface area contributed by atoms with Crippen molar-refractivity contribution >= 4 is 5.91 Å². The minimum atomic E-state index is -0.247. The fourth-order valence-corrected chi connectivity index (χ4v) is 3.07. The Morgan fingerprint density at radius 1 is 1.27 bits per heavy atom. The van der Waals surface area contributed by atoms with E-state index in [1.165, 1.54) is 6.07 Å². The summed E-state index contributed by atoms with van der Waals surface area (Å²) in [5.74, 6) is -0.162. The maximum atomic E-state index is 13.5. The van der Waals surface area contributed by atoms with E-state index in [1.54, 1.807) is 24.5 Å². The van der Waals surface area contributed by atoms with Gasteiger partial charge in [0.05, 0.1) is 12.5 Å². The van der Waals surface area contributed by atoms with Crippen LogP contribution in [-0.2, 0) is 11.2 Å². The molecular formula is C18H19FN2O. The Balaban J connectivity index is 1.79. The van der Waals surface area contributed by atoms with Gasteiger partial charge in [-0.3, -0.25) is 9.78 Å². The van der Waals surface area contributed by atoms with Crippen molar-refractivity contribution in [1.82, 2.24) is 9.88 Å². The molecule has 22 heavy (non-hydrogen) atoms. The Hall–Kier alpha value is -2.23. The van der Waals surface area contributed by atoms with Crippen LogP contribution in [0, 0.1) is 5.82 Å². The number of piperidine rings is 1. The number of carbonyl (C=O) groups is 1. The van der Waals surface area contributed by atoms with Crippen LogP contribution in [0.1, 0.15) is 36.4 Å². The van der Waals surface area contributed by atoms with Crippen LogP contribution >= 0.6 is 0 Å². The molecule has 0 unspecified atom stereocenters. The summed E-state index contributed by atoms with van der Waals surface area (Å²) in [6, 6.07) is 10.3. The second kappa shape index (κ2) is 6.69. The molecule has 1 aliphatic rings. The zero-order chi connectivity index (χ0) is 15.4. The van der Waals surface area contributed by atoms with Crippen LogP contribution < -0.4 is 0 Å². The second-order valence-corrected chi connectivity index (χ2v) is 5.69. The molecule has 1 aromatic heterocycles. The third-order valence-corrected chi connectivity index (χ3v) is 4.13. The molecule has 0 aliphatic carbocycles. The number of rotatable bonds is 3. The maximum Gasteiger partial charge on any atom is 0.227 e. The number of hydrogen-bond acceptors (Lipinski definition) is 2. The van der Waals surface area contributed by atoms with Gasteiger partial charge in [-0.25, -0.2) is 4.39 Å². The van der Waals surface area contributed by atoms with Crippen LogP contribution in [0.2, 0.25) is 0 Å². The number of pyridine rings is 1. The van der Waals surface area contributed by atoms with Crippen molar-refractivity contribution in [3.63, 3.8) is 0 Å². The fraction of sp³-hybridized carbons (Fsp3) is 0.333. The summed E-state index contributed by atoms with van der Waals surface area (Å²) < 4.78 is 13.5. The quantitative estimate of drug-likeness (QED) is 0.868. The molecule has 1 aliphatic heterocycles. The molecular weight excluding hydrogens is 279 g/mol. The minimum Gasteiger partial charge on any atom is -0.335 e. The number of hydrogen-bond donors (Lipinski definition) is 0. The molecule has 3 nitrogen and oxygen atoms in total. The summed E-state index contributed by atoms with van der Waals surface area (Å²) in [7, 11) is 0. The molecule has 2 heterocycles. The third-order valence-electron chi connectivity index (χ3n) is 4.13.